The SMILES string of the molecule is CN1CCC[C@@H](c2ccccc2CC2(C(=O)N3CCC(c4cnccn4)CC3)CCOCC2)C1. The number of amides is 1. The van der Waals surface area contributed by atoms with Gasteiger partial charge in [-0.25, -0.2) is 0 Å². The summed E-state index contributed by atoms with van der Waals surface area (Å²) in [6, 6.07) is 8.90. The Morgan fingerprint density at radius 2 is 1.85 bits per heavy atom. The molecule has 182 valence electrons. The van der Waals surface area contributed by atoms with Gasteiger partial charge in [0.2, 0.25) is 5.91 Å². The summed E-state index contributed by atoms with van der Waals surface area (Å²) in [4.78, 5) is 27.4. The molecule has 0 bridgehead atoms. The maximum absolute atomic E-state index is 14.1. The van der Waals surface area contributed by atoms with Crippen molar-refractivity contribution in [3.63, 3.8) is 0 Å². The number of likely N-dealkylation sites (tertiary alicyclic amines) is 2. The van der Waals surface area contributed by atoms with Crippen molar-refractivity contribution in [3.8, 4) is 0 Å². The summed E-state index contributed by atoms with van der Waals surface area (Å²) in [5.41, 5.74) is 3.53. The quantitative estimate of drug-likeness (QED) is 0.671. The third-order valence-corrected chi connectivity index (χ3v) is 8.34. The Balaban J connectivity index is 1.33. The van der Waals surface area contributed by atoms with Crippen LogP contribution < -0.4 is 0 Å². The lowest BCUT2D eigenvalue weighted by Gasteiger charge is -2.42. The van der Waals surface area contributed by atoms with E-state index in [1.54, 1.807) is 12.4 Å². The van der Waals surface area contributed by atoms with Gasteiger partial charge in [-0.1, -0.05) is 24.3 Å². The van der Waals surface area contributed by atoms with E-state index < -0.39 is 0 Å². The van der Waals surface area contributed by atoms with Crippen LogP contribution in [0.3, 0.4) is 0 Å². The van der Waals surface area contributed by atoms with Gasteiger partial charge in [0.25, 0.3) is 0 Å². The number of piperidine rings is 2. The van der Waals surface area contributed by atoms with Gasteiger partial charge in [-0.2, -0.15) is 0 Å². The van der Waals surface area contributed by atoms with Gasteiger partial charge < -0.3 is 14.5 Å². The average molecular weight is 463 g/mol. The van der Waals surface area contributed by atoms with Crippen molar-refractivity contribution >= 4 is 5.91 Å². The summed E-state index contributed by atoms with van der Waals surface area (Å²) < 4.78 is 5.74. The summed E-state index contributed by atoms with van der Waals surface area (Å²) in [6.45, 7) is 5.25. The minimum Gasteiger partial charge on any atom is -0.381 e. The molecule has 6 heteroatoms. The molecule has 1 amide bonds. The fourth-order valence-corrected chi connectivity index (χ4v) is 6.34. The van der Waals surface area contributed by atoms with Gasteiger partial charge in [0, 0.05) is 57.4 Å². The molecule has 3 aliphatic rings. The number of likely N-dealkylation sites (N-methyl/N-ethyl adjacent to an activating group) is 1. The molecule has 1 aromatic heterocycles. The van der Waals surface area contributed by atoms with Crippen molar-refractivity contribution in [2.24, 2.45) is 5.41 Å². The van der Waals surface area contributed by atoms with E-state index >= 15 is 0 Å². The van der Waals surface area contributed by atoms with Crippen LogP contribution >= 0.6 is 0 Å². The van der Waals surface area contributed by atoms with Crippen molar-refractivity contribution in [3.05, 3.63) is 59.7 Å². The van der Waals surface area contributed by atoms with Crippen molar-refractivity contribution < 1.29 is 9.53 Å². The van der Waals surface area contributed by atoms with Crippen LogP contribution in [-0.4, -0.2) is 72.1 Å². The smallest absolute Gasteiger partial charge is 0.229 e. The molecule has 34 heavy (non-hydrogen) atoms. The van der Waals surface area contributed by atoms with Crippen LogP contribution in [0.2, 0.25) is 0 Å². The Bertz CT molecular complexity index is 952. The molecular weight excluding hydrogens is 424 g/mol. The Kier molecular flexibility index (Phi) is 7.26. The molecule has 0 N–H and O–H groups in total. The molecule has 1 aromatic carbocycles. The minimum atomic E-state index is -0.353. The first-order valence-corrected chi connectivity index (χ1v) is 13.0. The van der Waals surface area contributed by atoms with E-state index in [0.29, 0.717) is 31.0 Å². The first-order chi connectivity index (χ1) is 16.6. The zero-order valence-corrected chi connectivity index (χ0v) is 20.5. The number of aromatic nitrogens is 2. The predicted octanol–water partition coefficient (Wildman–Crippen LogP) is 4.03. The molecule has 5 rings (SSSR count). The molecular formula is C28H38N4O2. The van der Waals surface area contributed by atoms with E-state index in [1.165, 1.54) is 30.5 Å². The Morgan fingerprint density at radius 3 is 2.59 bits per heavy atom. The van der Waals surface area contributed by atoms with Crippen molar-refractivity contribution in [1.82, 2.24) is 19.8 Å². The molecule has 2 aromatic rings. The van der Waals surface area contributed by atoms with Crippen LogP contribution in [-0.2, 0) is 16.0 Å². The molecule has 1 atom stereocenters. The minimum absolute atomic E-state index is 0.337. The van der Waals surface area contributed by atoms with Crippen molar-refractivity contribution in [2.45, 2.75) is 56.8 Å². The number of nitrogens with zero attached hydrogens (tertiary/aromatic N) is 4. The summed E-state index contributed by atoms with van der Waals surface area (Å²) in [5.74, 6) is 1.29. The van der Waals surface area contributed by atoms with E-state index in [2.05, 4.69) is 51.1 Å². The van der Waals surface area contributed by atoms with E-state index in [9.17, 15) is 4.79 Å². The molecule has 4 heterocycles. The number of carbonyl (C=O) groups excluding carboxylic acids is 1. The van der Waals surface area contributed by atoms with Gasteiger partial charge in [0.1, 0.15) is 0 Å². The number of benzene rings is 1. The Labute approximate surface area is 203 Å². The molecule has 0 aliphatic carbocycles. The lowest BCUT2D eigenvalue weighted by molar-refractivity contribution is -0.149. The second kappa shape index (κ2) is 10.5. The highest BCUT2D eigenvalue weighted by Crippen LogP contribution is 2.40. The lowest BCUT2D eigenvalue weighted by Crippen LogP contribution is -2.50. The molecule has 0 saturated carbocycles. The highest BCUT2D eigenvalue weighted by Gasteiger charge is 2.44. The van der Waals surface area contributed by atoms with Gasteiger partial charge in [0.05, 0.1) is 11.1 Å². The largest absolute Gasteiger partial charge is 0.381 e. The monoisotopic (exact) mass is 462 g/mol. The maximum Gasteiger partial charge on any atom is 0.229 e. The molecule has 0 unspecified atom stereocenters. The summed E-state index contributed by atoms with van der Waals surface area (Å²) in [7, 11) is 2.23. The van der Waals surface area contributed by atoms with Crippen LogP contribution in [0.1, 0.15) is 67.2 Å². The molecule has 6 nitrogen and oxygen atoms in total. The third kappa shape index (κ3) is 5.03. The molecule has 3 fully saturated rings. The zero-order chi connectivity index (χ0) is 23.4. The Morgan fingerprint density at radius 1 is 1.06 bits per heavy atom. The number of hydrogen-bond donors (Lipinski definition) is 0. The van der Waals surface area contributed by atoms with Crippen LogP contribution in [0, 0.1) is 5.41 Å². The highest BCUT2D eigenvalue weighted by molar-refractivity contribution is 5.83. The van der Waals surface area contributed by atoms with E-state index in [-0.39, 0.29) is 5.41 Å². The normalized spacial score (nSPS) is 24.1. The lowest BCUT2D eigenvalue weighted by atomic mass is 9.71. The Hall–Kier alpha value is -2.31. The summed E-state index contributed by atoms with van der Waals surface area (Å²) in [6.07, 6.45) is 12.2. The molecule has 0 spiro atoms. The molecule has 3 saturated heterocycles. The molecule has 3 aliphatic heterocycles. The van der Waals surface area contributed by atoms with E-state index in [0.717, 1.165) is 57.4 Å². The number of carbonyl (C=O) groups is 1. The molecule has 0 radical (unpaired) electrons. The van der Waals surface area contributed by atoms with Gasteiger partial charge in [0.15, 0.2) is 0 Å². The first-order valence-electron chi connectivity index (χ1n) is 13.0. The zero-order valence-electron chi connectivity index (χ0n) is 20.5. The second-order valence-electron chi connectivity index (χ2n) is 10.6. The number of hydrogen-bond acceptors (Lipinski definition) is 5. The van der Waals surface area contributed by atoms with Crippen molar-refractivity contribution in [1.29, 1.82) is 0 Å². The fourth-order valence-electron chi connectivity index (χ4n) is 6.34. The average Bonchev–Trinajstić information content (AvgIpc) is 2.90. The summed E-state index contributed by atoms with van der Waals surface area (Å²) in [5, 5.41) is 0. The number of ether oxygens (including phenoxy) is 1. The van der Waals surface area contributed by atoms with Crippen LogP contribution in [0.25, 0.3) is 0 Å². The highest BCUT2D eigenvalue weighted by atomic mass is 16.5. The van der Waals surface area contributed by atoms with Gasteiger partial charge in [-0.15, -0.1) is 0 Å². The first kappa shape index (κ1) is 23.4. The van der Waals surface area contributed by atoms with Gasteiger partial charge >= 0.3 is 0 Å². The topological polar surface area (TPSA) is 58.6 Å². The van der Waals surface area contributed by atoms with Crippen LogP contribution in [0.5, 0.6) is 0 Å². The van der Waals surface area contributed by atoms with Crippen LogP contribution in [0.4, 0.5) is 0 Å². The van der Waals surface area contributed by atoms with Gasteiger partial charge in [-0.3, -0.25) is 14.8 Å². The third-order valence-electron chi connectivity index (χ3n) is 8.34. The summed E-state index contributed by atoms with van der Waals surface area (Å²) >= 11 is 0. The van der Waals surface area contributed by atoms with Crippen molar-refractivity contribution in [2.75, 3.05) is 46.4 Å². The van der Waals surface area contributed by atoms with E-state index in [4.69, 9.17) is 4.74 Å². The van der Waals surface area contributed by atoms with Gasteiger partial charge in [-0.05, 0) is 75.6 Å². The predicted molar refractivity (Wildman–Crippen MR) is 133 cm³/mol. The maximum atomic E-state index is 14.1. The number of rotatable bonds is 5. The second-order valence-corrected chi connectivity index (χ2v) is 10.6. The van der Waals surface area contributed by atoms with Crippen LogP contribution in [0.15, 0.2) is 42.9 Å². The standard InChI is InChI=1S/C28H38N4O2/c1-31-14-4-6-24(21-31)25-7-3-2-5-23(25)19-28(10-17-34-18-11-28)27(33)32-15-8-22(9-16-32)26-20-29-12-13-30-26/h2-3,5,7,12-13,20,22,24H,4,6,8-11,14-19,21H2,1H3/t24-/m1/s1. The fraction of sp³-hybridized carbons (Fsp3) is 0.607. The van der Waals surface area contributed by atoms with E-state index in [1.807, 2.05) is 6.20 Å².